The van der Waals surface area contributed by atoms with Crippen molar-refractivity contribution in [1.29, 1.82) is 0 Å². The molecule has 0 saturated heterocycles. The van der Waals surface area contributed by atoms with Crippen molar-refractivity contribution in [2.45, 2.75) is 20.3 Å². The Morgan fingerprint density at radius 2 is 2.08 bits per heavy atom. The summed E-state index contributed by atoms with van der Waals surface area (Å²) in [6, 6.07) is 4.06. The minimum Gasteiger partial charge on any atom is -0.322 e. The molecule has 0 unspecified atom stereocenters. The third-order valence-electron chi connectivity index (χ3n) is 2.23. The monoisotopic (exact) mass is 161 g/mol. The smallest absolute Gasteiger partial charge is 0.163 e. The van der Waals surface area contributed by atoms with E-state index in [0.29, 0.717) is 6.42 Å². The maximum Gasteiger partial charge on any atom is 0.163 e. The zero-order valence-electron chi connectivity index (χ0n) is 7.29. The van der Waals surface area contributed by atoms with Gasteiger partial charge in [0.05, 0.1) is 6.42 Å². The Hall–Kier alpha value is -1.31. The number of allylic oxidation sites excluding steroid dienone is 2. The van der Waals surface area contributed by atoms with E-state index in [-0.39, 0.29) is 5.78 Å². The summed E-state index contributed by atoms with van der Waals surface area (Å²) < 4.78 is 2.13. The molecule has 0 aromatic carbocycles. The maximum atomic E-state index is 11.2. The summed E-state index contributed by atoms with van der Waals surface area (Å²) in [5.41, 5.74) is 3.34. The molecule has 1 aliphatic rings. The van der Waals surface area contributed by atoms with Gasteiger partial charge < -0.3 is 4.57 Å². The molecule has 1 aromatic heterocycles. The van der Waals surface area contributed by atoms with E-state index in [0.717, 1.165) is 11.4 Å². The predicted molar refractivity (Wildman–Crippen MR) is 47.8 cm³/mol. The first-order valence-electron chi connectivity index (χ1n) is 4.07. The van der Waals surface area contributed by atoms with Gasteiger partial charge in [-0.25, -0.2) is 0 Å². The molecular weight excluding hydrogens is 150 g/mol. The van der Waals surface area contributed by atoms with Crippen molar-refractivity contribution in [3.05, 3.63) is 29.6 Å². The fourth-order valence-electron chi connectivity index (χ4n) is 1.76. The molecule has 0 bridgehead atoms. The second kappa shape index (κ2) is 2.34. The summed E-state index contributed by atoms with van der Waals surface area (Å²) in [6.45, 7) is 4.02. The average molecular weight is 161 g/mol. The van der Waals surface area contributed by atoms with Crippen LogP contribution in [0.4, 0.5) is 0 Å². The van der Waals surface area contributed by atoms with E-state index in [9.17, 15) is 4.79 Å². The lowest BCUT2D eigenvalue weighted by atomic mass is 10.1. The Labute approximate surface area is 71.5 Å². The number of nitrogens with zero attached hydrogens (tertiary/aromatic N) is 1. The van der Waals surface area contributed by atoms with Crippen LogP contribution in [0, 0.1) is 6.92 Å². The Morgan fingerprint density at radius 3 is 2.83 bits per heavy atom. The van der Waals surface area contributed by atoms with Gasteiger partial charge in [-0.3, -0.25) is 4.79 Å². The topological polar surface area (TPSA) is 22.0 Å². The second-order valence-electron chi connectivity index (χ2n) is 3.23. The highest BCUT2D eigenvalue weighted by Crippen LogP contribution is 2.20. The molecule has 0 spiro atoms. The molecule has 2 heterocycles. The van der Waals surface area contributed by atoms with Gasteiger partial charge in [-0.15, -0.1) is 0 Å². The van der Waals surface area contributed by atoms with Crippen LogP contribution >= 0.6 is 0 Å². The highest BCUT2D eigenvalue weighted by atomic mass is 16.1. The van der Waals surface area contributed by atoms with Gasteiger partial charge in [-0.2, -0.15) is 0 Å². The Bertz CT molecular complexity index is 371. The van der Waals surface area contributed by atoms with Crippen LogP contribution in [0.5, 0.6) is 0 Å². The molecule has 0 N–H and O–H groups in total. The number of hydrogen-bond donors (Lipinski definition) is 0. The molecule has 1 aromatic rings. The summed E-state index contributed by atoms with van der Waals surface area (Å²) in [6.07, 6.45) is 2.26. The van der Waals surface area contributed by atoms with Crippen molar-refractivity contribution in [3.8, 4) is 0 Å². The molecule has 0 aliphatic carbocycles. The molecule has 0 radical (unpaired) electrons. The highest BCUT2D eigenvalue weighted by Gasteiger charge is 2.14. The third kappa shape index (κ3) is 0.916. The number of aryl methyl sites for hydroxylation is 1. The predicted octanol–water partition coefficient (Wildman–Crippen LogP) is 1.78. The minimum atomic E-state index is 0.207. The lowest BCUT2D eigenvalue weighted by molar-refractivity contribution is -0.114. The first-order chi connectivity index (χ1) is 5.68. The molecule has 0 amide bonds. The number of aromatic nitrogens is 1. The van der Waals surface area contributed by atoms with Crippen LogP contribution in [-0.4, -0.2) is 10.4 Å². The van der Waals surface area contributed by atoms with E-state index in [4.69, 9.17) is 0 Å². The first-order valence-corrected chi connectivity index (χ1v) is 4.07. The Balaban J connectivity index is 2.63. The van der Waals surface area contributed by atoms with Crippen LogP contribution < -0.4 is 0 Å². The van der Waals surface area contributed by atoms with Crippen LogP contribution in [-0.2, 0) is 11.2 Å². The normalized spacial score (nSPS) is 15.8. The first kappa shape index (κ1) is 7.35. The van der Waals surface area contributed by atoms with E-state index in [2.05, 4.69) is 11.5 Å². The summed E-state index contributed by atoms with van der Waals surface area (Å²) in [5.74, 6) is 0.207. The Morgan fingerprint density at radius 1 is 1.33 bits per heavy atom. The lowest BCUT2D eigenvalue weighted by Crippen LogP contribution is -2.13. The number of hydrogen-bond acceptors (Lipinski definition) is 1. The second-order valence-corrected chi connectivity index (χ2v) is 3.23. The van der Waals surface area contributed by atoms with Crippen molar-refractivity contribution >= 4 is 11.5 Å². The zero-order valence-corrected chi connectivity index (χ0v) is 7.29. The molecule has 0 saturated carbocycles. The molecule has 62 valence electrons. The molecule has 2 nitrogen and oxygen atoms in total. The van der Waals surface area contributed by atoms with Gasteiger partial charge in [-0.05, 0) is 26.0 Å². The maximum absolute atomic E-state index is 11.2. The highest BCUT2D eigenvalue weighted by molar-refractivity contribution is 5.97. The molecule has 0 fully saturated rings. The van der Waals surface area contributed by atoms with Gasteiger partial charge >= 0.3 is 0 Å². The van der Waals surface area contributed by atoms with Crippen LogP contribution in [0.25, 0.3) is 5.70 Å². The van der Waals surface area contributed by atoms with E-state index in [1.807, 2.05) is 19.1 Å². The molecule has 1 aliphatic heterocycles. The lowest BCUT2D eigenvalue weighted by Gasteiger charge is -2.15. The number of fused-ring (bicyclic) bond motifs is 1. The van der Waals surface area contributed by atoms with Gasteiger partial charge in [0.25, 0.3) is 0 Å². The molecule has 2 heteroatoms. The van der Waals surface area contributed by atoms with Crippen LogP contribution in [0.1, 0.15) is 18.3 Å². The molecule has 12 heavy (non-hydrogen) atoms. The molecular formula is C10H11NO. The third-order valence-corrected chi connectivity index (χ3v) is 2.23. The van der Waals surface area contributed by atoms with Crippen molar-refractivity contribution < 1.29 is 4.79 Å². The standard InChI is InChI=1S/C10H11NO/c1-7-3-4-9-6-10(12)5-8(2)11(7)9/h3-5H,6H2,1-2H3. The van der Waals surface area contributed by atoms with Gasteiger partial charge in [0, 0.05) is 23.2 Å². The van der Waals surface area contributed by atoms with Crippen LogP contribution in [0.3, 0.4) is 0 Å². The number of ketones is 1. The number of carbonyl (C=O) groups excluding carboxylic acids is 1. The summed E-state index contributed by atoms with van der Waals surface area (Å²) in [4.78, 5) is 11.2. The van der Waals surface area contributed by atoms with Crippen molar-refractivity contribution in [2.75, 3.05) is 0 Å². The largest absolute Gasteiger partial charge is 0.322 e. The zero-order chi connectivity index (χ0) is 8.72. The van der Waals surface area contributed by atoms with Gasteiger partial charge in [0.1, 0.15) is 0 Å². The van der Waals surface area contributed by atoms with E-state index < -0.39 is 0 Å². The van der Waals surface area contributed by atoms with Gasteiger partial charge in [0.2, 0.25) is 0 Å². The average Bonchev–Trinajstić information content (AvgIpc) is 2.31. The van der Waals surface area contributed by atoms with Crippen LogP contribution in [0.2, 0.25) is 0 Å². The molecule has 0 atom stereocenters. The van der Waals surface area contributed by atoms with E-state index in [1.165, 1.54) is 5.69 Å². The number of carbonyl (C=O) groups is 1. The molecule has 2 rings (SSSR count). The SMILES string of the molecule is CC1=CC(=O)Cc2ccc(C)n21. The van der Waals surface area contributed by atoms with Crippen molar-refractivity contribution in [2.24, 2.45) is 0 Å². The van der Waals surface area contributed by atoms with Crippen molar-refractivity contribution in [1.82, 2.24) is 4.57 Å². The van der Waals surface area contributed by atoms with Crippen molar-refractivity contribution in [3.63, 3.8) is 0 Å². The Kier molecular flexibility index (Phi) is 1.43. The summed E-state index contributed by atoms with van der Waals surface area (Å²) >= 11 is 0. The van der Waals surface area contributed by atoms with Crippen LogP contribution in [0.15, 0.2) is 18.2 Å². The quantitative estimate of drug-likeness (QED) is 0.568. The summed E-state index contributed by atoms with van der Waals surface area (Å²) in [5, 5.41) is 0. The summed E-state index contributed by atoms with van der Waals surface area (Å²) in [7, 11) is 0. The van der Waals surface area contributed by atoms with E-state index >= 15 is 0 Å². The van der Waals surface area contributed by atoms with E-state index in [1.54, 1.807) is 6.08 Å². The van der Waals surface area contributed by atoms with Gasteiger partial charge in [0.15, 0.2) is 5.78 Å². The number of rotatable bonds is 0. The fraction of sp³-hybridized carbons (Fsp3) is 0.300. The van der Waals surface area contributed by atoms with Gasteiger partial charge in [-0.1, -0.05) is 0 Å². The fourth-order valence-corrected chi connectivity index (χ4v) is 1.76. The minimum absolute atomic E-state index is 0.207.